The number of hydrogen-bond donors (Lipinski definition) is 2. The molecule has 2 rings (SSSR count). The Labute approximate surface area is 150 Å². The van der Waals surface area contributed by atoms with Gasteiger partial charge in [-0.25, -0.2) is 0 Å². The number of rotatable bonds is 5. The maximum absolute atomic E-state index is 12.5. The van der Waals surface area contributed by atoms with Crippen molar-refractivity contribution in [1.29, 1.82) is 0 Å². The Kier molecular flexibility index (Phi) is 6.19. The van der Waals surface area contributed by atoms with E-state index in [2.05, 4.69) is 26.6 Å². The summed E-state index contributed by atoms with van der Waals surface area (Å²) in [6.07, 6.45) is -4.39. The monoisotopic (exact) mass is 414 g/mol. The number of alkyl halides is 3. The molecule has 132 valence electrons. The molecule has 0 aliphatic carbocycles. The number of carbonyl (C=O) groups excluding carboxylic acids is 2. The number of benzene rings is 2. The quantitative estimate of drug-likeness (QED) is 0.786. The van der Waals surface area contributed by atoms with Gasteiger partial charge >= 0.3 is 6.18 Å². The van der Waals surface area contributed by atoms with Crippen molar-refractivity contribution >= 4 is 27.7 Å². The third-order valence-corrected chi connectivity index (χ3v) is 3.76. The van der Waals surface area contributed by atoms with E-state index in [4.69, 9.17) is 0 Å². The summed E-state index contributed by atoms with van der Waals surface area (Å²) in [4.78, 5) is 23.6. The van der Waals surface area contributed by atoms with Gasteiger partial charge in [0.2, 0.25) is 5.91 Å². The third-order valence-electron chi connectivity index (χ3n) is 3.27. The highest BCUT2D eigenvalue weighted by Gasteiger charge is 2.29. The van der Waals surface area contributed by atoms with Crippen LogP contribution in [-0.2, 0) is 17.5 Å². The molecule has 0 radical (unpaired) electrons. The van der Waals surface area contributed by atoms with E-state index in [-0.39, 0.29) is 13.1 Å². The van der Waals surface area contributed by atoms with Crippen molar-refractivity contribution in [3.63, 3.8) is 0 Å². The standard InChI is InChI=1S/C17H14BrF3N2O2/c18-14-3-1-2-12(8-14)16(25)23-10-15(24)22-9-11-4-6-13(7-5-11)17(19,20)21/h1-8H,9-10H2,(H,22,24)(H,23,25). The summed E-state index contributed by atoms with van der Waals surface area (Å²) in [5.41, 5.74) is 0.188. The Hall–Kier alpha value is -2.35. The zero-order chi connectivity index (χ0) is 18.4. The molecular formula is C17H14BrF3N2O2. The van der Waals surface area contributed by atoms with Crippen molar-refractivity contribution < 1.29 is 22.8 Å². The van der Waals surface area contributed by atoms with Crippen LogP contribution in [-0.4, -0.2) is 18.4 Å². The van der Waals surface area contributed by atoms with Crippen LogP contribution in [0.5, 0.6) is 0 Å². The Bertz CT molecular complexity index is 761. The maximum atomic E-state index is 12.5. The molecule has 8 heteroatoms. The molecule has 2 aromatic rings. The van der Waals surface area contributed by atoms with Gasteiger partial charge in [0.05, 0.1) is 12.1 Å². The van der Waals surface area contributed by atoms with E-state index >= 15 is 0 Å². The molecule has 0 saturated heterocycles. The summed E-state index contributed by atoms with van der Waals surface area (Å²) < 4.78 is 38.1. The number of hydrogen-bond acceptors (Lipinski definition) is 2. The van der Waals surface area contributed by atoms with Crippen molar-refractivity contribution in [2.45, 2.75) is 12.7 Å². The van der Waals surface area contributed by atoms with E-state index in [1.807, 2.05) is 0 Å². The van der Waals surface area contributed by atoms with Crippen molar-refractivity contribution in [2.75, 3.05) is 6.54 Å². The van der Waals surface area contributed by atoms with E-state index in [0.717, 1.165) is 16.6 Å². The molecule has 0 atom stereocenters. The van der Waals surface area contributed by atoms with E-state index in [1.165, 1.54) is 12.1 Å². The molecule has 0 saturated carbocycles. The highest BCUT2D eigenvalue weighted by molar-refractivity contribution is 9.10. The van der Waals surface area contributed by atoms with Gasteiger partial charge in [0, 0.05) is 16.6 Å². The van der Waals surface area contributed by atoms with Gasteiger partial charge in [-0.1, -0.05) is 34.1 Å². The first-order chi connectivity index (χ1) is 11.8. The van der Waals surface area contributed by atoms with Crippen molar-refractivity contribution in [3.05, 3.63) is 69.7 Å². The van der Waals surface area contributed by atoms with Gasteiger partial charge in [-0.3, -0.25) is 9.59 Å². The lowest BCUT2D eigenvalue weighted by molar-refractivity contribution is -0.137. The molecule has 0 fully saturated rings. The molecule has 0 aliphatic heterocycles. The second kappa shape index (κ2) is 8.15. The Morgan fingerprint density at radius 1 is 1.00 bits per heavy atom. The van der Waals surface area contributed by atoms with Crippen LogP contribution < -0.4 is 10.6 Å². The van der Waals surface area contributed by atoms with Gasteiger partial charge in [-0.15, -0.1) is 0 Å². The van der Waals surface area contributed by atoms with Crippen LogP contribution in [0, 0.1) is 0 Å². The molecular weight excluding hydrogens is 401 g/mol. The van der Waals surface area contributed by atoms with Crippen LogP contribution >= 0.6 is 15.9 Å². The Morgan fingerprint density at radius 2 is 1.68 bits per heavy atom. The molecule has 0 spiro atoms. The lowest BCUT2D eigenvalue weighted by atomic mass is 10.1. The molecule has 2 N–H and O–H groups in total. The third kappa shape index (κ3) is 5.90. The van der Waals surface area contributed by atoms with Crippen molar-refractivity contribution in [2.24, 2.45) is 0 Å². The van der Waals surface area contributed by atoms with Crippen LogP contribution in [0.4, 0.5) is 13.2 Å². The second-order valence-electron chi connectivity index (χ2n) is 5.16. The topological polar surface area (TPSA) is 58.2 Å². The highest BCUT2D eigenvalue weighted by Crippen LogP contribution is 2.29. The Balaban J connectivity index is 1.80. The Morgan fingerprint density at radius 3 is 2.28 bits per heavy atom. The molecule has 0 unspecified atom stereocenters. The lowest BCUT2D eigenvalue weighted by Gasteiger charge is -2.09. The van der Waals surface area contributed by atoms with Gasteiger partial charge in [-0.2, -0.15) is 13.2 Å². The minimum atomic E-state index is -4.39. The summed E-state index contributed by atoms with van der Waals surface area (Å²) in [5.74, 6) is -0.839. The average Bonchev–Trinajstić information content (AvgIpc) is 2.57. The SMILES string of the molecule is O=C(CNC(=O)c1cccc(Br)c1)NCc1ccc(C(F)(F)F)cc1. The first kappa shape index (κ1) is 19.0. The van der Waals surface area contributed by atoms with E-state index in [1.54, 1.807) is 24.3 Å². The maximum Gasteiger partial charge on any atom is 0.416 e. The molecule has 2 amide bonds. The first-order valence-corrected chi connectivity index (χ1v) is 8.01. The molecule has 0 aliphatic rings. The molecule has 0 heterocycles. The number of carbonyl (C=O) groups is 2. The fourth-order valence-corrected chi connectivity index (χ4v) is 2.37. The lowest BCUT2D eigenvalue weighted by Crippen LogP contribution is -2.36. The molecule has 0 aromatic heterocycles. The summed E-state index contributed by atoms with van der Waals surface area (Å²) in [6, 6.07) is 11.2. The van der Waals surface area contributed by atoms with Crippen LogP contribution in [0.2, 0.25) is 0 Å². The van der Waals surface area contributed by atoms with Gasteiger partial charge in [0.25, 0.3) is 5.91 Å². The van der Waals surface area contributed by atoms with Gasteiger partial charge in [-0.05, 0) is 35.9 Å². The molecule has 25 heavy (non-hydrogen) atoms. The second-order valence-corrected chi connectivity index (χ2v) is 6.08. The summed E-state index contributed by atoms with van der Waals surface area (Å²) in [6.45, 7) is -0.157. The normalized spacial score (nSPS) is 11.0. The predicted molar refractivity (Wildman–Crippen MR) is 89.8 cm³/mol. The molecule has 4 nitrogen and oxygen atoms in total. The number of amides is 2. The van der Waals surface area contributed by atoms with E-state index in [0.29, 0.717) is 11.1 Å². The number of halogens is 4. The average molecular weight is 415 g/mol. The van der Waals surface area contributed by atoms with Crippen LogP contribution in [0.1, 0.15) is 21.5 Å². The van der Waals surface area contributed by atoms with Gasteiger partial charge in [0.1, 0.15) is 0 Å². The first-order valence-electron chi connectivity index (χ1n) is 7.22. The highest BCUT2D eigenvalue weighted by atomic mass is 79.9. The van der Waals surface area contributed by atoms with Gasteiger partial charge < -0.3 is 10.6 Å². The minimum absolute atomic E-state index is 0.0731. The number of nitrogens with one attached hydrogen (secondary N) is 2. The molecule has 2 aromatic carbocycles. The van der Waals surface area contributed by atoms with Gasteiger partial charge in [0.15, 0.2) is 0 Å². The van der Waals surface area contributed by atoms with E-state index in [9.17, 15) is 22.8 Å². The fourth-order valence-electron chi connectivity index (χ4n) is 1.97. The predicted octanol–water partition coefficient (Wildman–Crippen LogP) is 3.51. The zero-order valence-electron chi connectivity index (χ0n) is 12.9. The largest absolute Gasteiger partial charge is 0.416 e. The van der Waals surface area contributed by atoms with Crippen molar-refractivity contribution in [3.8, 4) is 0 Å². The van der Waals surface area contributed by atoms with Crippen LogP contribution in [0.3, 0.4) is 0 Å². The summed E-state index contributed by atoms with van der Waals surface area (Å²) in [7, 11) is 0. The van der Waals surface area contributed by atoms with Crippen molar-refractivity contribution in [1.82, 2.24) is 10.6 Å². The summed E-state index contributed by atoms with van der Waals surface area (Å²) in [5, 5.41) is 5.00. The van der Waals surface area contributed by atoms with E-state index < -0.39 is 23.6 Å². The fraction of sp³-hybridized carbons (Fsp3) is 0.176. The van der Waals surface area contributed by atoms with Crippen LogP contribution in [0.25, 0.3) is 0 Å². The summed E-state index contributed by atoms with van der Waals surface area (Å²) >= 11 is 3.25. The molecule has 0 bridgehead atoms. The van der Waals surface area contributed by atoms with Crippen LogP contribution in [0.15, 0.2) is 53.0 Å². The minimum Gasteiger partial charge on any atom is -0.350 e. The zero-order valence-corrected chi connectivity index (χ0v) is 14.4. The smallest absolute Gasteiger partial charge is 0.350 e.